The van der Waals surface area contributed by atoms with Crippen LogP contribution >= 0.6 is 0 Å². The Labute approximate surface area is 189 Å². The van der Waals surface area contributed by atoms with Gasteiger partial charge in [-0.15, -0.1) is 0 Å². The van der Waals surface area contributed by atoms with E-state index < -0.39 is 0 Å². The van der Waals surface area contributed by atoms with E-state index in [1.54, 1.807) is 7.11 Å². The number of hydrazine groups is 1. The largest absolute Gasteiger partial charge is 0.497 e. The van der Waals surface area contributed by atoms with Gasteiger partial charge in [-0.1, -0.05) is 18.2 Å². The zero-order valence-electron chi connectivity index (χ0n) is 18.8. The number of benzene rings is 2. The van der Waals surface area contributed by atoms with Crippen molar-refractivity contribution in [2.24, 2.45) is 5.92 Å². The first-order valence-corrected chi connectivity index (χ1v) is 11.4. The van der Waals surface area contributed by atoms with Crippen LogP contribution in [0.4, 0.5) is 5.69 Å². The summed E-state index contributed by atoms with van der Waals surface area (Å²) in [5.74, 6) is 1.31. The van der Waals surface area contributed by atoms with E-state index >= 15 is 0 Å². The van der Waals surface area contributed by atoms with Gasteiger partial charge in [0, 0.05) is 17.8 Å². The highest BCUT2D eigenvalue weighted by atomic mass is 16.5. The highest BCUT2D eigenvalue weighted by Crippen LogP contribution is 2.20. The number of piperidine rings is 1. The van der Waals surface area contributed by atoms with Crippen LogP contribution in [0.15, 0.2) is 48.5 Å². The van der Waals surface area contributed by atoms with Crippen molar-refractivity contribution in [1.82, 2.24) is 26.8 Å². The first-order chi connectivity index (χ1) is 15.6. The summed E-state index contributed by atoms with van der Waals surface area (Å²) in [6.45, 7) is 4.84. The Hall–Kier alpha value is -2.65. The van der Waals surface area contributed by atoms with Crippen LogP contribution in [-0.4, -0.2) is 45.0 Å². The lowest BCUT2D eigenvalue weighted by Crippen LogP contribution is -2.45. The second-order valence-corrected chi connectivity index (χ2v) is 8.51. The molecule has 0 radical (unpaired) electrons. The topological polar surface area (TPSA) is 98.5 Å². The molecule has 4 rings (SSSR count). The first kappa shape index (κ1) is 22.5. The minimum Gasteiger partial charge on any atom is -0.497 e. The van der Waals surface area contributed by atoms with Crippen molar-refractivity contribution in [2.75, 3.05) is 32.1 Å². The standard InChI is InChI=1S/C24H34N6O2/c1-16(18-5-4-8-21(14-18)32-2)27-24(31)19-6-3-7-20(13-19)26-15-22-28-23(30-29-22)17-9-11-25-12-10-17/h3-8,13-14,16-17,22-23,25-26,28-30H,9-12,15H2,1-2H3,(H,27,31)/t16-,22?,23?/m1/s1. The predicted molar refractivity (Wildman–Crippen MR) is 126 cm³/mol. The van der Waals surface area contributed by atoms with Gasteiger partial charge >= 0.3 is 0 Å². The summed E-state index contributed by atoms with van der Waals surface area (Å²) >= 11 is 0. The van der Waals surface area contributed by atoms with Gasteiger partial charge in [0.1, 0.15) is 5.75 Å². The van der Waals surface area contributed by atoms with Crippen molar-refractivity contribution in [3.8, 4) is 5.75 Å². The molecule has 2 aromatic rings. The van der Waals surface area contributed by atoms with Gasteiger partial charge in [-0.3, -0.25) is 10.1 Å². The fourth-order valence-electron chi connectivity index (χ4n) is 4.30. The van der Waals surface area contributed by atoms with Crippen LogP contribution < -0.4 is 36.9 Å². The highest BCUT2D eigenvalue weighted by molar-refractivity contribution is 5.95. The smallest absolute Gasteiger partial charge is 0.251 e. The van der Waals surface area contributed by atoms with Crippen LogP contribution in [0.2, 0.25) is 0 Å². The van der Waals surface area contributed by atoms with Crippen LogP contribution in [0.25, 0.3) is 0 Å². The first-order valence-electron chi connectivity index (χ1n) is 11.4. The molecule has 0 aliphatic carbocycles. The average Bonchev–Trinajstić information content (AvgIpc) is 3.32. The molecule has 6 N–H and O–H groups in total. The molecule has 172 valence electrons. The van der Waals surface area contributed by atoms with Crippen molar-refractivity contribution in [1.29, 1.82) is 0 Å². The predicted octanol–water partition coefficient (Wildman–Crippen LogP) is 1.95. The van der Waals surface area contributed by atoms with Gasteiger partial charge in [0.25, 0.3) is 5.91 Å². The molecule has 0 spiro atoms. The highest BCUT2D eigenvalue weighted by Gasteiger charge is 2.30. The van der Waals surface area contributed by atoms with Crippen molar-refractivity contribution in [3.05, 3.63) is 59.7 Å². The Morgan fingerprint density at radius 1 is 1.12 bits per heavy atom. The molecule has 2 unspecified atom stereocenters. The maximum absolute atomic E-state index is 12.8. The normalized spacial score (nSPS) is 22.3. The molecular weight excluding hydrogens is 404 g/mol. The third-order valence-electron chi connectivity index (χ3n) is 6.23. The van der Waals surface area contributed by atoms with Gasteiger partial charge in [-0.05, 0) is 74.7 Å². The van der Waals surface area contributed by atoms with Crippen LogP contribution in [0.3, 0.4) is 0 Å². The molecule has 0 bridgehead atoms. The molecule has 2 aliphatic rings. The summed E-state index contributed by atoms with van der Waals surface area (Å²) < 4.78 is 5.28. The second-order valence-electron chi connectivity index (χ2n) is 8.51. The van der Waals surface area contributed by atoms with E-state index in [2.05, 4.69) is 32.1 Å². The lowest BCUT2D eigenvalue weighted by atomic mass is 9.95. The van der Waals surface area contributed by atoms with E-state index in [1.807, 2.05) is 55.5 Å². The number of nitrogens with one attached hydrogen (secondary N) is 6. The molecule has 32 heavy (non-hydrogen) atoms. The molecule has 1 amide bonds. The van der Waals surface area contributed by atoms with E-state index in [4.69, 9.17) is 4.74 Å². The maximum Gasteiger partial charge on any atom is 0.251 e. The zero-order chi connectivity index (χ0) is 22.3. The van der Waals surface area contributed by atoms with Crippen LogP contribution in [0.1, 0.15) is 41.7 Å². The molecule has 8 heteroatoms. The van der Waals surface area contributed by atoms with Crippen LogP contribution in [0.5, 0.6) is 5.75 Å². The third kappa shape index (κ3) is 5.77. The molecule has 0 aromatic heterocycles. The number of rotatable bonds is 8. The Bertz CT molecular complexity index is 902. The number of carbonyl (C=O) groups is 1. The van der Waals surface area contributed by atoms with Gasteiger partial charge in [-0.2, -0.15) is 0 Å². The SMILES string of the molecule is COc1cccc([C@@H](C)NC(=O)c2cccc(NCC3NNC(C4CCNCC4)N3)c2)c1. The lowest BCUT2D eigenvalue weighted by molar-refractivity contribution is 0.0940. The van der Waals surface area contributed by atoms with Gasteiger partial charge in [0.15, 0.2) is 0 Å². The number of amides is 1. The molecule has 8 nitrogen and oxygen atoms in total. The summed E-state index contributed by atoms with van der Waals surface area (Å²) in [6.07, 6.45) is 2.77. The van der Waals surface area contributed by atoms with E-state index in [0.29, 0.717) is 24.2 Å². The van der Waals surface area contributed by atoms with Crippen molar-refractivity contribution >= 4 is 11.6 Å². The van der Waals surface area contributed by atoms with Crippen molar-refractivity contribution < 1.29 is 9.53 Å². The van der Waals surface area contributed by atoms with Crippen molar-refractivity contribution in [3.63, 3.8) is 0 Å². The minimum absolute atomic E-state index is 0.103. The Balaban J connectivity index is 1.28. The Morgan fingerprint density at radius 3 is 2.75 bits per heavy atom. The molecule has 2 heterocycles. The van der Waals surface area contributed by atoms with Crippen LogP contribution in [0, 0.1) is 5.92 Å². The maximum atomic E-state index is 12.8. The van der Waals surface area contributed by atoms with Crippen LogP contribution in [-0.2, 0) is 0 Å². The summed E-state index contributed by atoms with van der Waals surface area (Å²) in [6, 6.07) is 15.2. The van der Waals surface area contributed by atoms with Gasteiger partial charge < -0.3 is 20.7 Å². The number of ether oxygens (including phenoxy) is 1. The number of anilines is 1. The third-order valence-corrected chi connectivity index (χ3v) is 6.23. The Morgan fingerprint density at radius 2 is 1.94 bits per heavy atom. The fourth-order valence-corrected chi connectivity index (χ4v) is 4.30. The minimum atomic E-state index is -0.126. The summed E-state index contributed by atoms with van der Waals surface area (Å²) in [4.78, 5) is 12.8. The second kappa shape index (κ2) is 10.8. The van der Waals surface area contributed by atoms with E-state index in [9.17, 15) is 4.79 Å². The quantitative estimate of drug-likeness (QED) is 0.375. The molecule has 2 aromatic carbocycles. The van der Waals surface area contributed by atoms with Crippen molar-refractivity contribution in [2.45, 2.75) is 38.1 Å². The van der Waals surface area contributed by atoms with E-state index in [0.717, 1.165) is 30.1 Å². The van der Waals surface area contributed by atoms with Gasteiger partial charge in [-0.25, -0.2) is 10.9 Å². The summed E-state index contributed by atoms with van der Waals surface area (Å²) in [7, 11) is 1.64. The van der Waals surface area contributed by atoms with Gasteiger partial charge in [0.2, 0.25) is 0 Å². The Kier molecular flexibility index (Phi) is 7.59. The zero-order valence-corrected chi connectivity index (χ0v) is 18.8. The fraction of sp³-hybridized carbons (Fsp3) is 0.458. The monoisotopic (exact) mass is 438 g/mol. The number of hydrogen-bond acceptors (Lipinski definition) is 7. The molecule has 2 fully saturated rings. The molecular formula is C24H34N6O2. The number of hydrogen-bond donors (Lipinski definition) is 6. The average molecular weight is 439 g/mol. The van der Waals surface area contributed by atoms with E-state index in [-0.39, 0.29) is 18.1 Å². The van der Waals surface area contributed by atoms with Gasteiger partial charge in [0.05, 0.1) is 25.5 Å². The molecule has 3 atom stereocenters. The molecule has 2 saturated heterocycles. The summed E-state index contributed by atoms with van der Waals surface area (Å²) in [5.41, 5.74) is 9.26. The van der Waals surface area contributed by atoms with E-state index in [1.165, 1.54) is 12.8 Å². The number of carbonyl (C=O) groups excluding carboxylic acids is 1. The summed E-state index contributed by atoms with van der Waals surface area (Å²) in [5, 5.41) is 13.5. The number of methoxy groups -OCH3 is 1. The lowest BCUT2D eigenvalue weighted by Gasteiger charge is -2.27. The molecule has 0 saturated carbocycles. The molecule has 2 aliphatic heterocycles.